The highest BCUT2D eigenvalue weighted by Crippen LogP contribution is 2.40. The van der Waals surface area contributed by atoms with Gasteiger partial charge in [0.05, 0.1) is 14.7 Å². The van der Waals surface area contributed by atoms with Crippen LogP contribution in [0, 0.1) is 6.92 Å². The van der Waals surface area contributed by atoms with Gasteiger partial charge < -0.3 is 29.4 Å². The van der Waals surface area contributed by atoms with Crippen molar-refractivity contribution in [1.82, 2.24) is 15.0 Å². The van der Waals surface area contributed by atoms with Crippen LogP contribution in [0.5, 0.6) is 0 Å². The van der Waals surface area contributed by atoms with Crippen LogP contribution in [0.4, 0.5) is 49.5 Å². The first kappa shape index (κ1) is 65.5. The molecule has 0 unspecified atom stereocenters. The maximum Gasteiger partial charge on any atom is 0.263 e. The van der Waals surface area contributed by atoms with Crippen molar-refractivity contribution in [3.63, 3.8) is 0 Å². The predicted molar refractivity (Wildman–Crippen MR) is 381 cm³/mol. The zero-order valence-electron chi connectivity index (χ0n) is 51.1. The lowest BCUT2D eigenvalue weighted by atomic mass is 9.99. The number of nitrogens with one attached hydrogen (secondary N) is 3. The van der Waals surface area contributed by atoms with Crippen molar-refractivity contribution in [2.24, 2.45) is 0 Å². The van der Waals surface area contributed by atoms with E-state index in [2.05, 4.69) is 68.9 Å². The number of benzene rings is 6. The monoisotopic (exact) mass is 1430 g/mol. The molecular formula is C66H68Cl2N12O9S6. The third-order valence-corrected chi connectivity index (χ3v) is 24.7. The van der Waals surface area contributed by atoms with E-state index in [1.165, 1.54) is 99.5 Å². The van der Waals surface area contributed by atoms with Crippen LogP contribution in [-0.2, 0) is 63.7 Å². The Bertz CT molecular complexity index is 4670. The number of aryl methyl sites for hydroxylation is 2. The summed E-state index contributed by atoms with van der Waals surface area (Å²) in [5.41, 5.74) is 10.2. The van der Waals surface area contributed by atoms with Gasteiger partial charge in [0.25, 0.3) is 30.1 Å². The van der Waals surface area contributed by atoms with Gasteiger partial charge in [-0.05, 0) is 184 Å². The summed E-state index contributed by atoms with van der Waals surface area (Å²) in [6.07, 6.45) is 11.6. The number of amides is 3. The number of sulfonamides is 3. The highest BCUT2D eigenvalue weighted by molar-refractivity contribution is 7.93. The summed E-state index contributed by atoms with van der Waals surface area (Å²) in [6.45, 7) is 6.37. The second kappa shape index (κ2) is 27.5. The fourth-order valence-corrected chi connectivity index (χ4v) is 18.9. The Morgan fingerprint density at radius 3 is 1.28 bits per heavy atom. The number of thiazole rings is 3. The number of carbonyl (C=O) groups is 3. The maximum atomic E-state index is 13.3. The molecule has 0 spiro atoms. The molecule has 496 valence electrons. The van der Waals surface area contributed by atoms with Gasteiger partial charge in [-0.25, -0.2) is 40.2 Å². The van der Waals surface area contributed by atoms with E-state index in [0.29, 0.717) is 70.0 Å². The molecule has 95 heavy (non-hydrogen) atoms. The number of fused-ring (bicyclic) bond motifs is 3. The van der Waals surface area contributed by atoms with Gasteiger partial charge in [-0.15, -0.1) is 34.0 Å². The molecule has 0 bridgehead atoms. The Hall–Kier alpha value is -8.15. The molecule has 21 nitrogen and oxygen atoms in total. The molecule has 3 atom stereocenters. The van der Waals surface area contributed by atoms with Crippen molar-refractivity contribution in [3.8, 4) is 0 Å². The molecule has 3 N–H and O–H groups in total. The van der Waals surface area contributed by atoms with E-state index < -0.39 is 30.1 Å². The van der Waals surface area contributed by atoms with Gasteiger partial charge in [-0.1, -0.05) is 47.0 Å². The molecule has 0 radical (unpaired) electrons. The Morgan fingerprint density at radius 1 is 0.453 bits per heavy atom. The van der Waals surface area contributed by atoms with Crippen LogP contribution in [0.2, 0.25) is 10.0 Å². The summed E-state index contributed by atoms with van der Waals surface area (Å²) in [5.74, 6) is 0.114. The molecule has 6 aromatic carbocycles. The summed E-state index contributed by atoms with van der Waals surface area (Å²) in [5, 5.41) is 7.51. The lowest BCUT2D eigenvalue weighted by Crippen LogP contribution is -2.44. The highest BCUT2D eigenvalue weighted by Gasteiger charge is 2.42. The normalized spacial score (nSPS) is 18.6. The summed E-state index contributed by atoms with van der Waals surface area (Å²) in [7, 11) is -11.2. The first-order valence-corrected chi connectivity index (χ1v) is 38.6. The third kappa shape index (κ3) is 14.0. The number of rotatable bonds is 15. The zero-order valence-corrected chi connectivity index (χ0v) is 57.5. The number of aromatic nitrogens is 3. The van der Waals surface area contributed by atoms with Crippen LogP contribution in [0.25, 0.3) is 0 Å². The molecule has 15 rings (SSSR count). The van der Waals surface area contributed by atoms with E-state index in [0.717, 1.165) is 85.8 Å². The Kier molecular flexibility index (Phi) is 19.0. The Morgan fingerprint density at radius 2 is 0.853 bits per heavy atom. The first-order chi connectivity index (χ1) is 45.8. The molecule has 3 amide bonds. The van der Waals surface area contributed by atoms with Crippen LogP contribution in [0.15, 0.2) is 177 Å². The van der Waals surface area contributed by atoms with Gasteiger partial charge in [0.2, 0.25) is 17.7 Å². The molecule has 3 aromatic heterocycles. The van der Waals surface area contributed by atoms with Crippen LogP contribution in [0.1, 0.15) is 57.2 Å². The van der Waals surface area contributed by atoms with Gasteiger partial charge in [-0.2, -0.15) is 0 Å². The average Bonchev–Trinajstić information content (AvgIpc) is 1.75. The summed E-state index contributed by atoms with van der Waals surface area (Å²) in [4.78, 5) is 63.9. The lowest BCUT2D eigenvalue weighted by molar-refractivity contribution is -0.119. The van der Waals surface area contributed by atoms with Crippen molar-refractivity contribution < 1.29 is 42.5 Å². The molecule has 3 saturated heterocycles. The largest absolute Gasteiger partial charge is 0.359 e. The number of hydrogen-bond acceptors (Lipinski definition) is 18. The number of carbonyl (C=O) groups excluding carboxylic acids is 3. The van der Waals surface area contributed by atoms with Crippen LogP contribution in [-0.4, -0.2) is 115 Å². The molecule has 29 heteroatoms. The fraction of sp³-hybridized carbons (Fsp3) is 0.273. The van der Waals surface area contributed by atoms with E-state index in [1.54, 1.807) is 73.4 Å². The van der Waals surface area contributed by atoms with Crippen molar-refractivity contribution in [2.45, 2.75) is 91.1 Å². The average molecular weight is 1440 g/mol. The van der Waals surface area contributed by atoms with Crippen molar-refractivity contribution in [2.75, 3.05) is 82.8 Å². The van der Waals surface area contributed by atoms with Crippen LogP contribution < -0.4 is 43.6 Å². The van der Waals surface area contributed by atoms with Crippen LogP contribution in [0.3, 0.4) is 0 Å². The van der Waals surface area contributed by atoms with Crippen molar-refractivity contribution in [3.05, 3.63) is 194 Å². The second-order valence-electron chi connectivity index (χ2n) is 23.4. The summed E-state index contributed by atoms with van der Waals surface area (Å²) in [6, 6.07) is 36.7. The van der Waals surface area contributed by atoms with Gasteiger partial charge in [0, 0.05) is 121 Å². The summed E-state index contributed by atoms with van der Waals surface area (Å²) >= 11 is 16.2. The smallest absolute Gasteiger partial charge is 0.263 e. The van der Waals surface area contributed by atoms with Gasteiger partial charge in [0.15, 0.2) is 15.4 Å². The van der Waals surface area contributed by atoms with Crippen LogP contribution >= 0.6 is 57.2 Å². The van der Waals surface area contributed by atoms with Crippen molar-refractivity contribution in [1.29, 1.82) is 0 Å². The minimum absolute atomic E-state index is 0. The van der Waals surface area contributed by atoms with E-state index in [-0.39, 0.29) is 53.4 Å². The summed E-state index contributed by atoms with van der Waals surface area (Å²) < 4.78 is 82.7. The minimum atomic E-state index is -3.73. The maximum absolute atomic E-state index is 13.3. The number of hydrogen-bond donors (Lipinski definition) is 3. The topological polar surface area (TPSA) is 248 Å². The van der Waals surface area contributed by atoms with E-state index in [4.69, 9.17) is 23.2 Å². The van der Waals surface area contributed by atoms with E-state index >= 15 is 0 Å². The molecule has 9 aromatic rings. The quantitative estimate of drug-likeness (QED) is 0.0863. The van der Waals surface area contributed by atoms with E-state index in [9.17, 15) is 39.6 Å². The lowest BCUT2D eigenvalue weighted by Gasteiger charge is -2.35. The molecule has 0 saturated carbocycles. The van der Waals surface area contributed by atoms with Gasteiger partial charge >= 0.3 is 0 Å². The Balaban J connectivity index is 0.000000146. The standard InChI is InChI=1S/2C22H21ClN4O3S2.C22H22N4O3S2.2H2/c23-18-4-1-5-19-17(18)3-2-12-27(19)20-10-13-26(21(20)28)15-6-8-16(9-7-15)32(29,30)25-22-24-11-14-31-22;23-16-3-8-19-15(14-16)2-1-11-27(19)20-9-12-26(21(20)28)17-4-6-18(7-5-17)32(29,30)25-22-24-10-13-31-22;1-15-2-7-19-16(14-15)8-11-26(19)20-9-12-25(21(20)27)17-3-5-18(6-4-17)31(28,29)24-22-23-10-13-30-22;;/h1,4-9,11,14,20H,2-3,10,12-13H2,(H,24,25);3-8,10,13-14,20H,1-2,9,11-12H2,(H,24,25);2-7,10,13-14,20H,8-9,11-12H2,1H3,(H,23,24);2*1H/t3*20-;;/m000../s1. The molecule has 0 aliphatic carbocycles. The number of nitrogens with zero attached hydrogens (tertiary/aromatic N) is 9. The molecular weight excluding hydrogens is 1370 g/mol. The van der Waals surface area contributed by atoms with Gasteiger partial charge in [0.1, 0.15) is 18.1 Å². The predicted octanol–water partition coefficient (Wildman–Crippen LogP) is 12.2. The van der Waals surface area contributed by atoms with Crippen molar-refractivity contribution >= 4 is 155 Å². The first-order valence-electron chi connectivity index (χ1n) is 30.8. The molecule has 3 fully saturated rings. The number of anilines is 9. The molecule has 9 heterocycles. The SMILES string of the molecule is Cc1ccc2c(c1)CCN2[C@H]1CCN(c2ccc(S(=O)(=O)Nc3nccs3)cc2)C1=O.O=C1[C@@H](N2CCCc3c(Cl)cccc32)CCN1c1ccc(S(=O)(=O)Nc2nccs2)cc1.O=C1[C@@H](N2CCCc3cc(Cl)ccc32)CCN1c1ccc(S(=O)(=O)Nc2nccs2)cc1.[HH].[HH]. The second-order valence-corrected chi connectivity index (χ2v) is 31.9. The fourth-order valence-electron chi connectivity index (χ4n) is 13.1. The third-order valence-electron chi connectivity index (χ3n) is 17.6. The Labute approximate surface area is 576 Å². The molecule has 6 aliphatic rings. The number of halogens is 2. The zero-order chi connectivity index (χ0) is 66.2. The van der Waals surface area contributed by atoms with Gasteiger partial charge in [-0.3, -0.25) is 28.5 Å². The highest BCUT2D eigenvalue weighted by atomic mass is 35.5. The molecule has 6 aliphatic heterocycles. The minimum Gasteiger partial charge on any atom is -0.359 e. The van der Waals surface area contributed by atoms with E-state index in [1.807, 2.05) is 36.4 Å².